The highest BCUT2D eigenvalue weighted by Gasteiger charge is 2.19. The van der Waals surface area contributed by atoms with Crippen LogP contribution >= 0.6 is 0 Å². The van der Waals surface area contributed by atoms with Gasteiger partial charge in [-0.3, -0.25) is 14.4 Å². The summed E-state index contributed by atoms with van der Waals surface area (Å²) in [5.41, 5.74) is 1.82. The lowest BCUT2D eigenvalue weighted by atomic mass is 9.95. The van der Waals surface area contributed by atoms with E-state index in [4.69, 9.17) is 9.47 Å². The van der Waals surface area contributed by atoms with Gasteiger partial charge in [0.2, 0.25) is 6.41 Å². The number of nitrogens with one attached hydrogen (secondary N) is 3. The van der Waals surface area contributed by atoms with Crippen LogP contribution in [0.3, 0.4) is 0 Å². The van der Waals surface area contributed by atoms with Crippen molar-refractivity contribution in [1.82, 2.24) is 5.32 Å². The highest BCUT2D eigenvalue weighted by Crippen LogP contribution is 2.30. The minimum Gasteiger partial charge on any atom is -0.491 e. The van der Waals surface area contributed by atoms with Gasteiger partial charge in [0.15, 0.2) is 0 Å². The van der Waals surface area contributed by atoms with Crippen LogP contribution in [0.5, 0.6) is 11.5 Å². The van der Waals surface area contributed by atoms with E-state index >= 15 is 0 Å². The molecule has 2 aromatic carbocycles. The van der Waals surface area contributed by atoms with Crippen LogP contribution in [0, 0.1) is 11.8 Å². The number of hydrogen-bond donors (Lipinski definition) is 3. The Kier molecular flexibility index (Phi) is 10.4. The molecule has 3 amide bonds. The summed E-state index contributed by atoms with van der Waals surface area (Å²) in [7, 11) is 0. The van der Waals surface area contributed by atoms with Crippen molar-refractivity contribution in [3.8, 4) is 11.5 Å². The summed E-state index contributed by atoms with van der Waals surface area (Å²) in [4.78, 5) is 37.0. The minimum absolute atomic E-state index is 0.135. The molecule has 0 radical (unpaired) electrons. The molecule has 0 aliphatic heterocycles. The summed E-state index contributed by atoms with van der Waals surface area (Å²) >= 11 is 0. The van der Waals surface area contributed by atoms with E-state index in [1.54, 1.807) is 36.4 Å². The molecule has 1 aliphatic carbocycles. The van der Waals surface area contributed by atoms with Crippen LogP contribution in [-0.2, 0) is 4.79 Å². The maximum absolute atomic E-state index is 13.2. The third kappa shape index (κ3) is 8.51. The molecule has 3 rings (SSSR count). The van der Waals surface area contributed by atoms with Gasteiger partial charge in [-0.1, -0.05) is 47.0 Å². The fraction of sp³-hybridized carbons (Fsp3) is 0.483. The van der Waals surface area contributed by atoms with E-state index < -0.39 is 0 Å². The van der Waals surface area contributed by atoms with Gasteiger partial charge in [-0.25, -0.2) is 0 Å². The molecule has 8 nitrogen and oxygen atoms in total. The highest BCUT2D eigenvalue weighted by molar-refractivity contribution is 6.06. The van der Waals surface area contributed by atoms with Crippen molar-refractivity contribution >= 4 is 29.6 Å². The molecule has 8 heteroatoms. The monoisotopic (exact) mass is 509 g/mol. The number of carbonyl (C=O) groups excluding carboxylic acids is 3. The second-order valence-corrected chi connectivity index (χ2v) is 10.4. The number of carbonyl (C=O) groups is 3. The SMILES string of the molecule is CC(C)COc1cc(C(=O)Nc2ccc(C(=O)NC3CCCCC3)cc2OCC(C)C)ccc1NC=O. The zero-order valence-corrected chi connectivity index (χ0v) is 22.3. The minimum atomic E-state index is -0.360. The van der Waals surface area contributed by atoms with Crippen LogP contribution in [0.1, 0.15) is 80.5 Å². The number of hydrogen-bond acceptors (Lipinski definition) is 5. The Hall–Kier alpha value is -3.55. The molecule has 0 spiro atoms. The third-order valence-electron chi connectivity index (χ3n) is 6.03. The van der Waals surface area contributed by atoms with E-state index in [0.717, 1.165) is 25.7 Å². The van der Waals surface area contributed by atoms with Gasteiger partial charge in [0.05, 0.1) is 24.6 Å². The molecule has 0 aromatic heterocycles. The van der Waals surface area contributed by atoms with Crippen molar-refractivity contribution in [2.75, 3.05) is 23.8 Å². The summed E-state index contributed by atoms with van der Waals surface area (Å²) < 4.78 is 11.8. The van der Waals surface area contributed by atoms with Gasteiger partial charge in [-0.2, -0.15) is 0 Å². The van der Waals surface area contributed by atoms with Crippen molar-refractivity contribution in [3.05, 3.63) is 47.5 Å². The summed E-state index contributed by atoms with van der Waals surface area (Å²) in [6, 6.07) is 10.1. The van der Waals surface area contributed by atoms with Crippen LogP contribution in [-0.4, -0.2) is 37.5 Å². The molecule has 0 bridgehead atoms. The molecule has 3 N–H and O–H groups in total. The van der Waals surface area contributed by atoms with E-state index in [0.29, 0.717) is 53.6 Å². The Morgan fingerprint density at radius 3 is 1.95 bits per heavy atom. The molecular weight excluding hydrogens is 470 g/mol. The van der Waals surface area contributed by atoms with Crippen molar-refractivity contribution in [2.45, 2.75) is 65.8 Å². The maximum Gasteiger partial charge on any atom is 0.255 e. The molecule has 1 fully saturated rings. The average molecular weight is 510 g/mol. The van der Waals surface area contributed by atoms with Crippen molar-refractivity contribution in [2.24, 2.45) is 11.8 Å². The summed E-state index contributed by atoms with van der Waals surface area (Å²) in [5, 5.41) is 8.63. The highest BCUT2D eigenvalue weighted by atomic mass is 16.5. The quantitative estimate of drug-likeness (QED) is 0.321. The Morgan fingerprint density at radius 2 is 1.38 bits per heavy atom. The molecule has 37 heavy (non-hydrogen) atoms. The van der Waals surface area contributed by atoms with Crippen molar-refractivity contribution in [3.63, 3.8) is 0 Å². The van der Waals surface area contributed by atoms with E-state index in [2.05, 4.69) is 16.0 Å². The standard InChI is InChI=1S/C29H39N3O5/c1-19(2)16-36-26-14-22(10-12-24(26)30-18-33)29(35)32-25-13-11-21(15-27(25)37-17-20(3)4)28(34)31-23-8-6-5-7-9-23/h10-15,18-20,23H,5-9,16-17H2,1-4H3,(H,30,33)(H,31,34)(H,32,35). The van der Waals surface area contributed by atoms with Crippen LogP contribution in [0.4, 0.5) is 11.4 Å². The Balaban J connectivity index is 1.80. The Labute approximate surface area is 219 Å². The lowest BCUT2D eigenvalue weighted by Gasteiger charge is -2.23. The van der Waals surface area contributed by atoms with E-state index in [1.807, 2.05) is 27.7 Å². The van der Waals surface area contributed by atoms with Crippen molar-refractivity contribution in [1.29, 1.82) is 0 Å². The van der Waals surface area contributed by atoms with E-state index in [1.165, 1.54) is 6.42 Å². The maximum atomic E-state index is 13.2. The zero-order chi connectivity index (χ0) is 26.8. The first-order valence-corrected chi connectivity index (χ1v) is 13.1. The summed E-state index contributed by atoms with van der Waals surface area (Å²) in [5.74, 6) is 0.899. The molecule has 2 aromatic rings. The summed E-state index contributed by atoms with van der Waals surface area (Å²) in [6.45, 7) is 8.98. The molecule has 0 heterocycles. The van der Waals surface area contributed by atoms with E-state index in [-0.39, 0.29) is 29.7 Å². The second-order valence-electron chi connectivity index (χ2n) is 10.4. The van der Waals surface area contributed by atoms with Gasteiger partial charge in [0.25, 0.3) is 11.8 Å². The number of benzene rings is 2. The number of amides is 3. The number of anilines is 2. The van der Waals surface area contributed by atoms with Crippen LogP contribution < -0.4 is 25.4 Å². The van der Waals surface area contributed by atoms with Crippen LogP contribution in [0.15, 0.2) is 36.4 Å². The first kappa shape index (κ1) is 28.0. The predicted molar refractivity (Wildman–Crippen MR) is 146 cm³/mol. The Bertz CT molecular complexity index is 1080. The lowest BCUT2D eigenvalue weighted by Crippen LogP contribution is -2.36. The fourth-order valence-corrected chi connectivity index (χ4v) is 4.08. The second kappa shape index (κ2) is 13.7. The number of rotatable bonds is 12. The first-order valence-electron chi connectivity index (χ1n) is 13.1. The molecule has 1 aliphatic rings. The molecule has 0 saturated heterocycles. The van der Waals surface area contributed by atoms with Crippen LogP contribution in [0.2, 0.25) is 0 Å². The fourth-order valence-electron chi connectivity index (χ4n) is 4.08. The normalized spacial score (nSPS) is 13.8. The van der Waals surface area contributed by atoms with Gasteiger partial charge >= 0.3 is 0 Å². The lowest BCUT2D eigenvalue weighted by molar-refractivity contribution is -0.105. The largest absolute Gasteiger partial charge is 0.491 e. The van der Waals surface area contributed by atoms with Gasteiger partial charge in [-0.05, 0) is 61.1 Å². The summed E-state index contributed by atoms with van der Waals surface area (Å²) in [6.07, 6.45) is 6.06. The van der Waals surface area contributed by atoms with Crippen LogP contribution in [0.25, 0.3) is 0 Å². The van der Waals surface area contributed by atoms with Gasteiger partial charge in [-0.15, -0.1) is 0 Å². The predicted octanol–water partition coefficient (Wildman–Crippen LogP) is 5.64. The van der Waals surface area contributed by atoms with Gasteiger partial charge in [0.1, 0.15) is 11.5 Å². The third-order valence-corrected chi connectivity index (χ3v) is 6.03. The van der Waals surface area contributed by atoms with Gasteiger partial charge in [0, 0.05) is 17.2 Å². The van der Waals surface area contributed by atoms with Gasteiger partial charge < -0.3 is 25.4 Å². The molecule has 1 saturated carbocycles. The van der Waals surface area contributed by atoms with Crippen molar-refractivity contribution < 1.29 is 23.9 Å². The Morgan fingerprint density at radius 1 is 0.838 bits per heavy atom. The smallest absolute Gasteiger partial charge is 0.255 e. The molecule has 200 valence electrons. The number of ether oxygens (including phenoxy) is 2. The topological polar surface area (TPSA) is 106 Å². The molecule has 0 unspecified atom stereocenters. The first-order chi connectivity index (χ1) is 17.8. The zero-order valence-electron chi connectivity index (χ0n) is 22.3. The molecule has 0 atom stereocenters. The van der Waals surface area contributed by atoms with E-state index in [9.17, 15) is 14.4 Å². The average Bonchev–Trinajstić information content (AvgIpc) is 2.88. The molecular formula is C29H39N3O5.